The Morgan fingerprint density at radius 2 is 1.89 bits per heavy atom. The van der Waals surface area contributed by atoms with Gasteiger partial charge in [0.25, 0.3) is 0 Å². The molecule has 0 spiro atoms. The summed E-state index contributed by atoms with van der Waals surface area (Å²) in [6, 6.07) is 3.13. The fourth-order valence-electron chi connectivity index (χ4n) is 3.89. The molecule has 1 saturated carbocycles. The van der Waals surface area contributed by atoms with E-state index in [2.05, 4.69) is 30.6 Å². The van der Waals surface area contributed by atoms with Crippen LogP contribution >= 0.6 is 11.6 Å². The maximum absolute atomic E-state index is 15.0. The third-order valence-corrected chi connectivity index (χ3v) is 7.03. The van der Waals surface area contributed by atoms with Crippen molar-refractivity contribution in [2.24, 2.45) is 7.05 Å². The smallest absolute Gasteiger partial charge is 0.232 e. The zero-order valence-electron chi connectivity index (χ0n) is 19.4. The summed E-state index contributed by atoms with van der Waals surface area (Å²) in [5.74, 6) is -1.16. The summed E-state index contributed by atoms with van der Waals surface area (Å²) in [6.45, 7) is 0. The molecule has 0 unspecified atom stereocenters. The number of halogens is 3. The Hall–Kier alpha value is -3.58. The number of hydrogen-bond acceptors (Lipinski definition) is 8. The minimum absolute atomic E-state index is 0.0210. The number of H-pyrrole nitrogens is 1. The highest BCUT2D eigenvalue weighted by atomic mass is 35.5. The van der Waals surface area contributed by atoms with Crippen molar-refractivity contribution in [3.63, 3.8) is 0 Å². The number of sulfone groups is 1. The topological polar surface area (TPSA) is 122 Å². The normalized spacial score (nSPS) is 13.7. The summed E-state index contributed by atoms with van der Waals surface area (Å²) in [4.78, 5) is 9.93. The van der Waals surface area contributed by atoms with Crippen molar-refractivity contribution in [3.8, 4) is 11.3 Å². The molecule has 1 fully saturated rings. The average Bonchev–Trinajstić information content (AvgIpc) is 3.41. The molecule has 14 heteroatoms. The van der Waals surface area contributed by atoms with Crippen molar-refractivity contribution >= 4 is 44.7 Å². The second-order valence-corrected chi connectivity index (χ2v) is 11.0. The van der Waals surface area contributed by atoms with Gasteiger partial charge in [0.2, 0.25) is 5.95 Å². The van der Waals surface area contributed by atoms with Crippen LogP contribution in [0.5, 0.6) is 0 Å². The molecule has 36 heavy (non-hydrogen) atoms. The Kier molecular flexibility index (Phi) is 5.91. The fraction of sp³-hybridized carbons (Fsp3) is 0.273. The Balaban J connectivity index is 1.68. The maximum atomic E-state index is 15.0. The van der Waals surface area contributed by atoms with Gasteiger partial charge in [-0.05, 0) is 30.9 Å². The van der Waals surface area contributed by atoms with Crippen molar-refractivity contribution in [3.05, 3.63) is 52.9 Å². The molecule has 3 aromatic heterocycles. The van der Waals surface area contributed by atoms with Crippen LogP contribution in [0.1, 0.15) is 24.3 Å². The van der Waals surface area contributed by atoms with E-state index in [9.17, 15) is 8.42 Å². The molecule has 5 rings (SSSR count). The number of hydrogen-bond donors (Lipinski definition) is 2. The van der Waals surface area contributed by atoms with Gasteiger partial charge in [-0.25, -0.2) is 22.2 Å². The monoisotopic (exact) mass is 534 g/mol. The highest BCUT2D eigenvalue weighted by Crippen LogP contribution is 2.48. The largest absolute Gasteiger partial charge is 0.323 e. The van der Waals surface area contributed by atoms with E-state index in [4.69, 9.17) is 11.6 Å². The first-order valence-electron chi connectivity index (χ1n) is 10.8. The SMILES string of the molecule is CN(c1nc(Nc2cc(Cl)[nH]n2)c(C2CC2)c(-c2cnn(C)c2)n1)c1c(F)cc(S(C)(=O)=O)cc1F. The number of benzene rings is 1. The van der Waals surface area contributed by atoms with E-state index in [0.29, 0.717) is 28.0 Å². The lowest BCUT2D eigenvalue weighted by Gasteiger charge is -2.22. The number of aromatic amines is 1. The van der Waals surface area contributed by atoms with Crippen LogP contribution < -0.4 is 10.2 Å². The summed E-state index contributed by atoms with van der Waals surface area (Å²) in [7, 11) is -0.643. The predicted octanol–water partition coefficient (Wildman–Crippen LogP) is 4.32. The molecule has 0 aliphatic heterocycles. The van der Waals surface area contributed by atoms with Gasteiger partial charge < -0.3 is 10.2 Å². The van der Waals surface area contributed by atoms with Crippen LogP contribution in [0.4, 0.5) is 32.1 Å². The van der Waals surface area contributed by atoms with E-state index in [0.717, 1.165) is 41.7 Å². The molecule has 0 amide bonds. The molecule has 1 aliphatic rings. The van der Waals surface area contributed by atoms with Crippen molar-refractivity contribution in [2.45, 2.75) is 23.7 Å². The van der Waals surface area contributed by atoms with Crippen molar-refractivity contribution in [1.82, 2.24) is 29.9 Å². The van der Waals surface area contributed by atoms with Gasteiger partial charge >= 0.3 is 0 Å². The second kappa shape index (κ2) is 8.82. The molecule has 188 valence electrons. The van der Waals surface area contributed by atoms with Crippen LogP contribution in [0, 0.1) is 11.6 Å². The molecule has 4 aromatic rings. The summed E-state index contributed by atoms with van der Waals surface area (Å²) < 4.78 is 55.3. The minimum Gasteiger partial charge on any atom is -0.323 e. The molecule has 1 aromatic carbocycles. The number of aromatic nitrogens is 6. The highest BCUT2D eigenvalue weighted by molar-refractivity contribution is 7.90. The number of rotatable bonds is 7. The van der Waals surface area contributed by atoms with Gasteiger partial charge in [-0.3, -0.25) is 9.78 Å². The van der Waals surface area contributed by atoms with Gasteiger partial charge in [0.05, 0.1) is 16.8 Å². The third kappa shape index (κ3) is 4.63. The third-order valence-electron chi connectivity index (χ3n) is 5.74. The zero-order chi connectivity index (χ0) is 25.8. The van der Waals surface area contributed by atoms with Gasteiger partial charge in [0, 0.05) is 43.7 Å². The lowest BCUT2D eigenvalue weighted by Crippen LogP contribution is -2.19. The first-order chi connectivity index (χ1) is 17.0. The van der Waals surface area contributed by atoms with E-state index in [1.165, 1.54) is 7.05 Å². The molecule has 1 aliphatic carbocycles. The standard InChI is InChI=1S/C22H21ClF2N8O2S/c1-32-10-12(9-26-32)19-18(11-4-5-11)21(27-17-8-16(23)30-31-17)29-22(28-19)33(2)20-14(24)6-13(7-15(20)25)36(3,34)35/h6-11H,4-5H2,1-3H3,(H2,27,28,29,30,31). The number of nitrogens with one attached hydrogen (secondary N) is 2. The van der Waals surface area contributed by atoms with Crippen LogP contribution in [-0.4, -0.2) is 51.7 Å². The van der Waals surface area contributed by atoms with Gasteiger partial charge in [-0.15, -0.1) is 0 Å². The van der Waals surface area contributed by atoms with Crippen molar-refractivity contribution in [1.29, 1.82) is 0 Å². The Labute approximate surface area is 210 Å². The maximum Gasteiger partial charge on any atom is 0.232 e. The lowest BCUT2D eigenvalue weighted by molar-refractivity contribution is 0.569. The van der Waals surface area contributed by atoms with Crippen molar-refractivity contribution < 1.29 is 17.2 Å². The van der Waals surface area contributed by atoms with Crippen LogP contribution in [0.3, 0.4) is 0 Å². The molecule has 0 bridgehead atoms. The van der Waals surface area contributed by atoms with Crippen LogP contribution in [0.15, 0.2) is 35.5 Å². The fourth-order valence-corrected chi connectivity index (χ4v) is 4.67. The molecule has 0 atom stereocenters. The molecular formula is C22H21ClF2N8O2S. The van der Waals surface area contributed by atoms with E-state index < -0.39 is 32.1 Å². The Morgan fingerprint density at radius 3 is 2.42 bits per heavy atom. The first-order valence-corrected chi connectivity index (χ1v) is 13.1. The van der Waals surface area contributed by atoms with Crippen LogP contribution in [0.25, 0.3) is 11.3 Å². The number of aryl methyl sites for hydroxylation is 1. The van der Waals surface area contributed by atoms with Gasteiger partial charge in [0.15, 0.2) is 27.3 Å². The molecule has 3 heterocycles. The quantitative estimate of drug-likeness (QED) is 0.359. The van der Waals surface area contributed by atoms with Gasteiger partial charge in [-0.1, -0.05) is 11.6 Å². The van der Waals surface area contributed by atoms with E-state index >= 15 is 8.78 Å². The van der Waals surface area contributed by atoms with Crippen molar-refractivity contribution in [2.75, 3.05) is 23.5 Å². The molecule has 10 nitrogen and oxygen atoms in total. The zero-order valence-corrected chi connectivity index (χ0v) is 21.0. The summed E-state index contributed by atoms with van der Waals surface area (Å²) in [5, 5.41) is 14.4. The minimum atomic E-state index is -3.81. The summed E-state index contributed by atoms with van der Waals surface area (Å²) in [6.07, 6.45) is 6.17. The summed E-state index contributed by atoms with van der Waals surface area (Å²) in [5.41, 5.74) is 1.59. The number of nitrogens with zero attached hydrogens (tertiary/aromatic N) is 6. The van der Waals surface area contributed by atoms with Crippen LogP contribution in [0.2, 0.25) is 5.15 Å². The molecule has 0 radical (unpaired) electrons. The highest BCUT2D eigenvalue weighted by Gasteiger charge is 2.33. The number of anilines is 4. The molecule has 0 saturated heterocycles. The lowest BCUT2D eigenvalue weighted by atomic mass is 10.1. The predicted molar refractivity (Wildman–Crippen MR) is 131 cm³/mol. The van der Waals surface area contributed by atoms with E-state index in [1.54, 1.807) is 30.2 Å². The van der Waals surface area contributed by atoms with Crippen LogP contribution in [-0.2, 0) is 16.9 Å². The molecular weight excluding hydrogens is 514 g/mol. The second-order valence-electron chi connectivity index (χ2n) is 8.60. The average molecular weight is 535 g/mol. The Morgan fingerprint density at radius 1 is 1.19 bits per heavy atom. The van der Waals surface area contributed by atoms with E-state index in [-0.39, 0.29) is 11.9 Å². The first kappa shape index (κ1) is 24.1. The van der Waals surface area contributed by atoms with Gasteiger partial charge in [-0.2, -0.15) is 15.2 Å². The van der Waals surface area contributed by atoms with Gasteiger partial charge in [0.1, 0.15) is 16.7 Å². The Bertz CT molecular complexity index is 1560. The van der Waals surface area contributed by atoms with E-state index in [1.807, 2.05) is 0 Å². The molecule has 2 N–H and O–H groups in total. The summed E-state index contributed by atoms with van der Waals surface area (Å²) >= 11 is 5.98.